The zero-order valence-corrected chi connectivity index (χ0v) is 15.8. The third kappa shape index (κ3) is 3.45. The summed E-state index contributed by atoms with van der Waals surface area (Å²) in [4.78, 5) is 24.1. The number of nitrogens with zero attached hydrogens (tertiary/aromatic N) is 3. The van der Waals surface area contributed by atoms with E-state index in [1.807, 2.05) is 25.1 Å². The van der Waals surface area contributed by atoms with Crippen LogP contribution in [-0.4, -0.2) is 29.6 Å². The van der Waals surface area contributed by atoms with Crippen molar-refractivity contribution in [3.05, 3.63) is 51.6 Å². The van der Waals surface area contributed by atoms with Gasteiger partial charge in [0.1, 0.15) is 15.5 Å². The summed E-state index contributed by atoms with van der Waals surface area (Å²) in [6.07, 6.45) is 0. The van der Waals surface area contributed by atoms with Gasteiger partial charge in [0.15, 0.2) is 0 Å². The van der Waals surface area contributed by atoms with Gasteiger partial charge in [0.05, 0.1) is 12.5 Å². The van der Waals surface area contributed by atoms with Crippen LogP contribution in [0.5, 0.6) is 0 Å². The number of aryl methyl sites for hydroxylation is 1. The number of esters is 1. The van der Waals surface area contributed by atoms with Crippen LogP contribution in [0.2, 0.25) is 5.28 Å². The summed E-state index contributed by atoms with van der Waals surface area (Å²) in [6.45, 7) is 5.40. The van der Waals surface area contributed by atoms with Gasteiger partial charge in [-0.3, -0.25) is 0 Å². The largest absolute Gasteiger partial charge is 0.465 e. The quantitative estimate of drug-likeness (QED) is 0.486. The highest BCUT2D eigenvalue weighted by Crippen LogP contribution is 2.37. The number of halogens is 1. The van der Waals surface area contributed by atoms with Crippen LogP contribution in [0.4, 0.5) is 5.82 Å². The molecule has 0 bridgehead atoms. The number of carbonyl (C=O) groups is 1. The van der Waals surface area contributed by atoms with Crippen LogP contribution in [0.3, 0.4) is 0 Å². The van der Waals surface area contributed by atoms with Crippen molar-refractivity contribution < 1.29 is 9.53 Å². The van der Waals surface area contributed by atoms with Crippen LogP contribution < -0.4 is 4.90 Å². The molecule has 0 aliphatic heterocycles. The molecule has 0 spiro atoms. The molecule has 1 aromatic carbocycles. The third-order valence-corrected chi connectivity index (χ3v) is 5.35. The molecule has 0 aliphatic rings. The highest BCUT2D eigenvalue weighted by Gasteiger charge is 2.23. The van der Waals surface area contributed by atoms with Crippen LogP contribution in [0, 0.1) is 6.92 Å². The molecule has 0 radical (unpaired) electrons. The first kappa shape index (κ1) is 17.6. The Labute approximate surface area is 155 Å². The van der Waals surface area contributed by atoms with Gasteiger partial charge < -0.3 is 9.64 Å². The minimum atomic E-state index is -0.367. The topological polar surface area (TPSA) is 55.3 Å². The number of thiophene rings is 1. The van der Waals surface area contributed by atoms with Crippen LogP contribution in [0.1, 0.15) is 27.7 Å². The van der Waals surface area contributed by atoms with E-state index in [2.05, 4.69) is 33.9 Å². The fourth-order valence-electron chi connectivity index (χ4n) is 2.75. The summed E-state index contributed by atoms with van der Waals surface area (Å²) >= 11 is 7.43. The van der Waals surface area contributed by atoms with Crippen molar-refractivity contribution in [2.45, 2.75) is 20.4 Å². The maximum atomic E-state index is 12.0. The Balaban J connectivity index is 2.13. The Morgan fingerprint density at radius 2 is 2.00 bits per heavy atom. The first-order valence-corrected chi connectivity index (χ1v) is 9.08. The van der Waals surface area contributed by atoms with E-state index in [1.54, 1.807) is 0 Å². The molecule has 25 heavy (non-hydrogen) atoms. The van der Waals surface area contributed by atoms with E-state index in [1.165, 1.54) is 24.0 Å². The highest BCUT2D eigenvalue weighted by atomic mass is 35.5. The summed E-state index contributed by atoms with van der Waals surface area (Å²) in [6, 6.07) is 10.2. The molecule has 5 nitrogen and oxygen atoms in total. The van der Waals surface area contributed by atoms with E-state index in [-0.39, 0.29) is 11.3 Å². The zero-order chi connectivity index (χ0) is 18.0. The Morgan fingerprint density at radius 1 is 1.28 bits per heavy atom. The van der Waals surface area contributed by atoms with E-state index >= 15 is 0 Å². The van der Waals surface area contributed by atoms with Crippen molar-refractivity contribution in [3.63, 3.8) is 0 Å². The summed E-state index contributed by atoms with van der Waals surface area (Å²) < 4.78 is 4.88. The first-order chi connectivity index (χ1) is 12.0. The van der Waals surface area contributed by atoms with E-state index in [0.29, 0.717) is 16.3 Å². The monoisotopic (exact) mass is 375 g/mol. The van der Waals surface area contributed by atoms with E-state index in [4.69, 9.17) is 16.3 Å². The predicted octanol–water partition coefficient (Wildman–Crippen LogP) is 4.47. The molecule has 2 aromatic heterocycles. The van der Waals surface area contributed by atoms with Crippen LogP contribution in [-0.2, 0) is 11.3 Å². The van der Waals surface area contributed by atoms with Crippen LogP contribution in [0.15, 0.2) is 30.3 Å². The van der Waals surface area contributed by atoms with E-state index in [0.717, 1.165) is 23.3 Å². The lowest BCUT2D eigenvalue weighted by Crippen LogP contribution is -2.23. The SMILES string of the molecule is CCN(Cc1ccccc1)c1nc(Cl)nc2sc(C(=O)OC)c(C)c12. The number of benzene rings is 1. The zero-order valence-electron chi connectivity index (χ0n) is 14.2. The molecular formula is C18H18ClN3O2S. The van der Waals surface area contributed by atoms with Crippen molar-refractivity contribution in [2.24, 2.45) is 0 Å². The molecule has 0 N–H and O–H groups in total. The molecule has 3 aromatic rings. The Bertz CT molecular complexity index is 912. The van der Waals surface area contributed by atoms with Gasteiger partial charge in [-0.05, 0) is 36.6 Å². The molecule has 0 atom stereocenters. The molecule has 0 aliphatic carbocycles. The summed E-state index contributed by atoms with van der Waals surface area (Å²) in [5.74, 6) is 0.374. The van der Waals surface area contributed by atoms with Gasteiger partial charge >= 0.3 is 5.97 Å². The smallest absolute Gasteiger partial charge is 0.348 e. The van der Waals surface area contributed by atoms with Gasteiger partial charge in [0.2, 0.25) is 5.28 Å². The number of ether oxygens (including phenoxy) is 1. The van der Waals surface area contributed by atoms with Gasteiger partial charge in [0, 0.05) is 13.1 Å². The second kappa shape index (κ2) is 7.37. The van der Waals surface area contributed by atoms with E-state index < -0.39 is 0 Å². The second-order valence-electron chi connectivity index (χ2n) is 5.54. The fraction of sp³-hybridized carbons (Fsp3) is 0.278. The number of hydrogen-bond acceptors (Lipinski definition) is 6. The molecule has 7 heteroatoms. The van der Waals surface area contributed by atoms with Crippen molar-refractivity contribution in [1.29, 1.82) is 0 Å². The molecule has 0 unspecified atom stereocenters. The lowest BCUT2D eigenvalue weighted by molar-refractivity contribution is 0.0605. The van der Waals surface area contributed by atoms with E-state index in [9.17, 15) is 4.79 Å². The number of methoxy groups -OCH3 is 1. The predicted molar refractivity (Wildman–Crippen MR) is 102 cm³/mol. The van der Waals surface area contributed by atoms with Crippen molar-refractivity contribution in [3.8, 4) is 0 Å². The molecule has 2 heterocycles. The normalized spacial score (nSPS) is 10.9. The third-order valence-electron chi connectivity index (χ3n) is 4.01. The average Bonchev–Trinajstić information content (AvgIpc) is 2.95. The van der Waals surface area contributed by atoms with Crippen molar-refractivity contribution >= 4 is 44.9 Å². The van der Waals surface area contributed by atoms with Gasteiger partial charge in [-0.25, -0.2) is 9.78 Å². The first-order valence-electron chi connectivity index (χ1n) is 7.89. The van der Waals surface area contributed by atoms with Crippen molar-refractivity contribution in [1.82, 2.24) is 9.97 Å². The number of rotatable bonds is 5. The van der Waals surface area contributed by atoms with Gasteiger partial charge in [0.25, 0.3) is 0 Å². The summed E-state index contributed by atoms with van der Waals surface area (Å²) in [7, 11) is 1.37. The molecule has 0 fully saturated rings. The van der Waals surface area contributed by atoms with Gasteiger partial charge in [-0.2, -0.15) is 4.98 Å². The Hall–Kier alpha value is -2.18. The average molecular weight is 376 g/mol. The standard InChI is InChI=1S/C18H18ClN3O2S/c1-4-22(10-12-8-6-5-7-9-12)15-13-11(2)14(17(23)24-3)25-16(13)21-18(19)20-15/h5-9H,4,10H2,1-3H3. The van der Waals surface area contributed by atoms with Gasteiger partial charge in [-0.1, -0.05) is 30.3 Å². The number of aromatic nitrogens is 2. The van der Waals surface area contributed by atoms with Crippen LogP contribution in [0.25, 0.3) is 10.2 Å². The summed E-state index contributed by atoms with van der Waals surface area (Å²) in [5.41, 5.74) is 2.00. The van der Waals surface area contributed by atoms with Crippen LogP contribution >= 0.6 is 22.9 Å². The maximum absolute atomic E-state index is 12.0. The molecule has 3 rings (SSSR count). The molecule has 0 amide bonds. The number of hydrogen-bond donors (Lipinski definition) is 0. The minimum Gasteiger partial charge on any atom is -0.465 e. The number of anilines is 1. The lowest BCUT2D eigenvalue weighted by atomic mass is 10.1. The second-order valence-corrected chi connectivity index (χ2v) is 6.88. The minimum absolute atomic E-state index is 0.173. The lowest BCUT2D eigenvalue weighted by Gasteiger charge is -2.23. The molecule has 130 valence electrons. The Kier molecular flexibility index (Phi) is 5.20. The number of fused-ring (bicyclic) bond motifs is 1. The molecule has 0 saturated carbocycles. The molecular weight excluding hydrogens is 358 g/mol. The molecule has 0 saturated heterocycles. The number of carbonyl (C=O) groups excluding carboxylic acids is 1. The highest BCUT2D eigenvalue weighted by molar-refractivity contribution is 7.20. The maximum Gasteiger partial charge on any atom is 0.348 e. The summed E-state index contributed by atoms with van der Waals surface area (Å²) in [5, 5.41) is 1.03. The van der Waals surface area contributed by atoms with Gasteiger partial charge in [-0.15, -0.1) is 11.3 Å². The fourth-order valence-corrected chi connectivity index (χ4v) is 4.06. The van der Waals surface area contributed by atoms with Crippen molar-refractivity contribution in [2.75, 3.05) is 18.6 Å². The Morgan fingerprint density at radius 3 is 2.64 bits per heavy atom.